The van der Waals surface area contributed by atoms with Gasteiger partial charge in [0.05, 0.1) is 23.2 Å². The molecule has 1 aromatic heterocycles. The molecule has 0 unspecified atom stereocenters. The van der Waals surface area contributed by atoms with Crippen LogP contribution in [0.25, 0.3) is 11.3 Å². The maximum atomic E-state index is 13.1. The van der Waals surface area contributed by atoms with E-state index in [1.165, 1.54) is 28.6 Å². The summed E-state index contributed by atoms with van der Waals surface area (Å²) in [7, 11) is -3.72. The van der Waals surface area contributed by atoms with Crippen LogP contribution < -0.4 is 0 Å². The molecule has 154 valence electrons. The molecule has 30 heavy (non-hydrogen) atoms. The number of sulfonamides is 1. The summed E-state index contributed by atoms with van der Waals surface area (Å²) >= 11 is 0. The van der Waals surface area contributed by atoms with Gasteiger partial charge in [0.15, 0.2) is 5.76 Å². The van der Waals surface area contributed by atoms with Crippen molar-refractivity contribution in [2.75, 3.05) is 26.2 Å². The summed E-state index contributed by atoms with van der Waals surface area (Å²) < 4.78 is 46.1. The van der Waals surface area contributed by atoms with E-state index in [1.807, 2.05) is 6.07 Å². The SMILES string of the molecule is N#Cc1ccccc1S(=O)(=O)N1CCN(Cc2ncc(-c3ccc(F)cc3)o2)CC1. The highest BCUT2D eigenvalue weighted by Crippen LogP contribution is 2.23. The first-order valence-electron chi connectivity index (χ1n) is 9.39. The topological polar surface area (TPSA) is 90.4 Å². The lowest BCUT2D eigenvalue weighted by molar-refractivity contribution is 0.168. The van der Waals surface area contributed by atoms with Crippen molar-refractivity contribution in [2.24, 2.45) is 0 Å². The Hall–Kier alpha value is -3.06. The summed E-state index contributed by atoms with van der Waals surface area (Å²) in [6.45, 7) is 2.11. The summed E-state index contributed by atoms with van der Waals surface area (Å²) in [5.74, 6) is 0.753. The minimum atomic E-state index is -3.72. The average Bonchev–Trinajstić information content (AvgIpc) is 3.23. The summed E-state index contributed by atoms with van der Waals surface area (Å²) in [5.41, 5.74) is 0.884. The van der Waals surface area contributed by atoms with E-state index in [-0.39, 0.29) is 16.3 Å². The molecule has 0 N–H and O–H groups in total. The van der Waals surface area contributed by atoms with Crippen LogP contribution in [0.2, 0.25) is 0 Å². The Balaban J connectivity index is 1.39. The molecule has 9 heteroatoms. The number of hydrogen-bond acceptors (Lipinski definition) is 6. The monoisotopic (exact) mass is 426 g/mol. The molecule has 1 fully saturated rings. The van der Waals surface area contributed by atoms with E-state index in [0.717, 1.165) is 5.56 Å². The lowest BCUT2D eigenvalue weighted by atomic mass is 10.2. The largest absolute Gasteiger partial charge is 0.439 e. The minimum absolute atomic E-state index is 0.0394. The number of oxazole rings is 1. The van der Waals surface area contributed by atoms with Gasteiger partial charge >= 0.3 is 0 Å². The molecule has 1 aliphatic rings. The highest BCUT2D eigenvalue weighted by Gasteiger charge is 2.30. The Bertz CT molecular complexity index is 1180. The van der Waals surface area contributed by atoms with Crippen molar-refractivity contribution in [3.8, 4) is 17.4 Å². The number of halogens is 1. The van der Waals surface area contributed by atoms with Crippen molar-refractivity contribution in [3.63, 3.8) is 0 Å². The smallest absolute Gasteiger partial charge is 0.244 e. The van der Waals surface area contributed by atoms with Crippen molar-refractivity contribution in [1.82, 2.24) is 14.2 Å². The number of piperazine rings is 1. The van der Waals surface area contributed by atoms with Crippen LogP contribution in [0, 0.1) is 17.1 Å². The average molecular weight is 426 g/mol. The molecule has 4 rings (SSSR count). The fourth-order valence-corrected chi connectivity index (χ4v) is 4.94. The minimum Gasteiger partial charge on any atom is -0.439 e. The van der Waals surface area contributed by atoms with Gasteiger partial charge in [-0.15, -0.1) is 0 Å². The molecule has 3 aromatic rings. The zero-order valence-corrected chi connectivity index (χ0v) is 16.8. The summed E-state index contributed by atoms with van der Waals surface area (Å²) in [6.07, 6.45) is 1.60. The van der Waals surface area contributed by atoms with E-state index < -0.39 is 10.0 Å². The van der Waals surface area contributed by atoms with Gasteiger partial charge in [-0.1, -0.05) is 12.1 Å². The van der Waals surface area contributed by atoms with Crippen LogP contribution in [0.15, 0.2) is 64.0 Å². The number of nitriles is 1. The van der Waals surface area contributed by atoms with Gasteiger partial charge in [0.2, 0.25) is 15.9 Å². The van der Waals surface area contributed by atoms with E-state index in [9.17, 15) is 18.1 Å². The van der Waals surface area contributed by atoms with Crippen molar-refractivity contribution in [2.45, 2.75) is 11.4 Å². The van der Waals surface area contributed by atoms with E-state index >= 15 is 0 Å². The van der Waals surface area contributed by atoms with Crippen LogP contribution in [0.1, 0.15) is 11.5 Å². The third kappa shape index (κ3) is 4.11. The molecule has 0 bridgehead atoms. The maximum absolute atomic E-state index is 13.1. The summed E-state index contributed by atoms with van der Waals surface area (Å²) in [6, 6.07) is 14.2. The van der Waals surface area contributed by atoms with Gasteiger partial charge in [-0.2, -0.15) is 9.57 Å². The highest BCUT2D eigenvalue weighted by atomic mass is 32.2. The second kappa shape index (κ2) is 8.36. The van der Waals surface area contributed by atoms with Crippen molar-refractivity contribution in [3.05, 3.63) is 72.0 Å². The van der Waals surface area contributed by atoms with Gasteiger partial charge in [0, 0.05) is 31.7 Å². The fourth-order valence-electron chi connectivity index (χ4n) is 3.37. The van der Waals surface area contributed by atoms with Crippen LogP contribution in [-0.2, 0) is 16.6 Å². The number of aromatic nitrogens is 1. The summed E-state index contributed by atoms with van der Waals surface area (Å²) in [4.78, 5) is 6.37. The Kier molecular flexibility index (Phi) is 5.63. The zero-order chi connectivity index (χ0) is 21.1. The number of benzene rings is 2. The van der Waals surface area contributed by atoms with E-state index in [4.69, 9.17) is 4.42 Å². The Morgan fingerprint density at radius 3 is 2.47 bits per heavy atom. The van der Waals surface area contributed by atoms with Gasteiger partial charge < -0.3 is 4.42 Å². The molecule has 0 amide bonds. The van der Waals surface area contributed by atoms with Crippen LogP contribution in [-0.4, -0.2) is 48.8 Å². The van der Waals surface area contributed by atoms with Crippen LogP contribution in [0.4, 0.5) is 4.39 Å². The molecule has 0 atom stereocenters. The van der Waals surface area contributed by atoms with Gasteiger partial charge in [-0.25, -0.2) is 17.8 Å². The lowest BCUT2D eigenvalue weighted by Gasteiger charge is -2.33. The second-order valence-corrected chi connectivity index (χ2v) is 8.82. The normalized spacial score (nSPS) is 15.7. The molecular weight excluding hydrogens is 407 g/mol. The fraction of sp³-hybridized carbons (Fsp3) is 0.238. The number of rotatable bonds is 5. The van der Waals surface area contributed by atoms with Gasteiger partial charge in [-0.3, -0.25) is 4.90 Å². The molecule has 2 aromatic carbocycles. The highest BCUT2D eigenvalue weighted by molar-refractivity contribution is 7.89. The first kappa shape index (κ1) is 20.2. The third-order valence-corrected chi connectivity index (χ3v) is 6.95. The maximum Gasteiger partial charge on any atom is 0.244 e. The molecule has 1 saturated heterocycles. The van der Waals surface area contributed by atoms with Crippen LogP contribution in [0.3, 0.4) is 0 Å². The molecule has 0 radical (unpaired) electrons. The Morgan fingerprint density at radius 1 is 1.07 bits per heavy atom. The molecule has 1 aliphatic heterocycles. The first-order valence-corrected chi connectivity index (χ1v) is 10.8. The lowest BCUT2D eigenvalue weighted by Crippen LogP contribution is -2.48. The third-order valence-electron chi connectivity index (χ3n) is 5.00. The van der Waals surface area contributed by atoms with Gasteiger partial charge in [0.1, 0.15) is 11.9 Å². The second-order valence-electron chi connectivity index (χ2n) is 6.91. The van der Waals surface area contributed by atoms with E-state index in [0.29, 0.717) is 44.4 Å². The van der Waals surface area contributed by atoms with Gasteiger partial charge in [-0.05, 0) is 36.4 Å². The first-order chi connectivity index (χ1) is 14.5. The number of nitrogens with zero attached hydrogens (tertiary/aromatic N) is 4. The van der Waals surface area contributed by atoms with Crippen molar-refractivity contribution < 1.29 is 17.2 Å². The van der Waals surface area contributed by atoms with Crippen LogP contribution in [0.5, 0.6) is 0 Å². The van der Waals surface area contributed by atoms with Crippen LogP contribution >= 0.6 is 0 Å². The molecule has 0 aliphatic carbocycles. The Morgan fingerprint density at radius 2 is 1.77 bits per heavy atom. The predicted octanol–water partition coefficient (Wildman–Crippen LogP) is 2.86. The summed E-state index contributed by atoms with van der Waals surface area (Å²) in [5, 5.41) is 9.21. The standard InChI is InChI=1S/C21H19FN4O3S/c22-18-7-5-16(6-8-18)19-14-24-21(29-19)15-25-9-11-26(12-10-25)30(27,28)20-4-2-1-3-17(20)13-23/h1-8,14H,9-12,15H2. The zero-order valence-electron chi connectivity index (χ0n) is 16.0. The van der Waals surface area contributed by atoms with E-state index in [1.54, 1.807) is 30.5 Å². The molecule has 2 heterocycles. The quantitative estimate of drug-likeness (QED) is 0.623. The predicted molar refractivity (Wildman–Crippen MR) is 107 cm³/mol. The molecular formula is C21H19FN4O3S. The Labute approximate surface area is 174 Å². The molecule has 0 spiro atoms. The van der Waals surface area contributed by atoms with E-state index in [2.05, 4.69) is 9.88 Å². The van der Waals surface area contributed by atoms with Crippen molar-refractivity contribution in [1.29, 1.82) is 5.26 Å². The molecule has 7 nitrogen and oxygen atoms in total. The molecule has 0 saturated carbocycles. The van der Waals surface area contributed by atoms with Gasteiger partial charge in [0.25, 0.3) is 0 Å². The number of hydrogen-bond donors (Lipinski definition) is 0. The van der Waals surface area contributed by atoms with Crippen molar-refractivity contribution >= 4 is 10.0 Å².